The van der Waals surface area contributed by atoms with Crippen LogP contribution in [0.1, 0.15) is 31.2 Å². The number of ketones is 1. The Balaban J connectivity index is 1.75. The fourth-order valence-corrected chi connectivity index (χ4v) is 3.55. The van der Waals surface area contributed by atoms with E-state index in [1.54, 1.807) is 30.3 Å². The molecule has 1 aromatic heterocycles. The molecule has 30 heavy (non-hydrogen) atoms. The zero-order valence-electron chi connectivity index (χ0n) is 16.3. The van der Waals surface area contributed by atoms with E-state index in [1.165, 1.54) is 36.7 Å². The molecule has 156 valence electrons. The SMILES string of the molecule is COc1ccc(/C=C/C(=O)c2ccc(C)s2)cc1COc1cccc(C(F)(F)F)c1. The maximum absolute atomic E-state index is 12.9. The fraction of sp³-hybridized carbons (Fsp3) is 0.174. The first-order chi connectivity index (χ1) is 14.3. The third-order valence-corrected chi connectivity index (χ3v) is 5.29. The van der Waals surface area contributed by atoms with Crippen LogP contribution >= 0.6 is 11.3 Å². The molecular formula is C23H19F3O3S. The molecule has 3 aromatic rings. The molecule has 0 saturated carbocycles. The Bertz CT molecular complexity index is 1070. The van der Waals surface area contributed by atoms with E-state index in [4.69, 9.17) is 9.47 Å². The van der Waals surface area contributed by atoms with Gasteiger partial charge in [-0.2, -0.15) is 13.2 Å². The first-order valence-electron chi connectivity index (χ1n) is 9.02. The number of methoxy groups -OCH3 is 1. The van der Waals surface area contributed by atoms with Crippen LogP contribution in [-0.4, -0.2) is 12.9 Å². The molecule has 3 rings (SSSR count). The predicted octanol–water partition coefficient (Wildman–Crippen LogP) is 6.56. The van der Waals surface area contributed by atoms with E-state index in [2.05, 4.69) is 0 Å². The van der Waals surface area contributed by atoms with Crippen LogP contribution in [0, 0.1) is 6.92 Å². The van der Waals surface area contributed by atoms with E-state index in [0.29, 0.717) is 16.2 Å². The molecule has 0 unspecified atom stereocenters. The predicted molar refractivity (Wildman–Crippen MR) is 111 cm³/mol. The van der Waals surface area contributed by atoms with Gasteiger partial charge in [-0.05, 0) is 61.0 Å². The number of aryl methyl sites for hydroxylation is 1. The number of carbonyl (C=O) groups excluding carboxylic acids is 1. The first kappa shape index (κ1) is 21.6. The number of hydrogen-bond acceptors (Lipinski definition) is 4. The van der Waals surface area contributed by atoms with Crippen molar-refractivity contribution in [1.29, 1.82) is 0 Å². The van der Waals surface area contributed by atoms with Crippen molar-refractivity contribution in [3.05, 3.63) is 87.1 Å². The number of halogens is 3. The Hall–Kier alpha value is -3.06. The summed E-state index contributed by atoms with van der Waals surface area (Å²) in [5, 5.41) is 0. The Morgan fingerprint density at radius 1 is 1.10 bits per heavy atom. The summed E-state index contributed by atoms with van der Waals surface area (Å²) in [6, 6.07) is 13.7. The van der Waals surface area contributed by atoms with Crippen LogP contribution in [0.2, 0.25) is 0 Å². The zero-order chi connectivity index (χ0) is 21.7. The molecule has 0 radical (unpaired) electrons. The van der Waals surface area contributed by atoms with E-state index < -0.39 is 11.7 Å². The van der Waals surface area contributed by atoms with Crippen molar-refractivity contribution in [3.63, 3.8) is 0 Å². The number of benzene rings is 2. The van der Waals surface area contributed by atoms with Gasteiger partial charge in [0.05, 0.1) is 17.6 Å². The van der Waals surface area contributed by atoms with Gasteiger partial charge < -0.3 is 9.47 Å². The van der Waals surface area contributed by atoms with Gasteiger partial charge in [0.15, 0.2) is 5.78 Å². The Morgan fingerprint density at radius 3 is 2.57 bits per heavy atom. The standard InChI is InChI=1S/C23H19F3O3S/c1-15-6-11-22(30-15)20(27)9-7-16-8-10-21(28-2)17(12-16)14-29-19-5-3-4-18(13-19)23(24,25)26/h3-13H,14H2,1-2H3/b9-7+. The van der Waals surface area contributed by atoms with Crippen molar-refractivity contribution in [3.8, 4) is 11.5 Å². The Morgan fingerprint density at radius 2 is 1.90 bits per heavy atom. The molecule has 3 nitrogen and oxygen atoms in total. The van der Waals surface area contributed by atoms with Crippen LogP contribution < -0.4 is 9.47 Å². The summed E-state index contributed by atoms with van der Waals surface area (Å²) >= 11 is 1.43. The van der Waals surface area contributed by atoms with Crippen LogP contribution in [0.25, 0.3) is 6.08 Å². The molecule has 0 bridgehead atoms. The summed E-state index contributed by atoms with van der Waals surface area (Å²) in [6.07, 6.45) is -1.26. The van der Waals surface area contributed by atoms with Gasteiger partial charge in [-0.15, -0.1) is 11.3 Å². The maximum atomic E-state index is 12.9. The summed E-state index contributed by atoms with van der Waals surface area (Å²) in [4.78, 5) is 14.0. The van der Waals surface area contributed by atoms with Gasteiger partial charge in [-0.1, -0.05) is 18.2 Å². The molecule has 0 atom stereocenters. The largest absolute Gasteiger partial charge is 0.496 e. The molecule has 1 heterocycles. The van der Waals surface area contributed by atoms with Gasteiger partial charge in [-0.3, -0.25) is 4.79 Å². The van der Waals surface area contributed by atoms with Crippen molar-refractivity contribution in [2.45, 2.75) is 19.7 Å². The summed E-state index contributed by atoms with van der Waals surface area (Å²) < 4.78 is 49.5. The molecule has 0 fully saturated rings. The lowest BCUT2D eigenvalue weighted by atomic mass is 10.1. The molecule has 0 aliphatic rings. The molecule has 0 saturated heterocycles. The van der Waals surface area contributed by atoms with E-state index in [-0.39, 0.29) is 18.1 Å². The van der Waals surface area contributed by atoms with Crippen LogP contribution in [0.15, 0.2) is 60.7 Å². The third kappa shape index (κ3) is 5.51. The molecule has 0 aliphatic heterocycles. The van der Waals surface area contributed by atoms with E-state index in [9.17, 15) is 18.0 Å². The third-order valence-electron chi connectivity index (χ3n) is 4.27. The maximum Gasteiger partial charge on any atom is 0.416 e. The summed E-state index contributed by atoms with van der Waals surface area (Å²) in [7, 11) is 1.50. The highest BCUT2D eigenvalue weighted by atomic mass is 32.1. The molecule has 0 aliphatic carbocycles. The number of thiophene rings is 1. The van der Waals surface area contributed by atoms with Gasteiger partial charge in [0.25, 0.3) is 0 Å². The van der Waals surface area contributed by atoms with E-state index in [0.717, 1.165) is 22.6 Å². The highest BCUT2D eigenvalue weighted by Gasteiger charge is 2.30. The van der Waals surface area contributed by atoms with Crippen LogP contribution in [0.4, 0.5) is 13.2 Å². The second-order valence-electron chi connectivity index (χ2n) is 6.49. The van der Waals surface area contributed by atoms with E-state index >= 15 is 0 Å². The van der Waals surface area contributed by atoms with Crippen LogP contribution in [0.3, 0.4) is 0 Å². The first-order valence-corrected chi connectivity index (χ1v) is 9.84. The van der Waals surface area contributed by atoms with Crippen molar-refractivity contribution < 1.29 is 27.4 Å². The number of ether oxygens (including phenoxy) is 2. The lowest BCUT2D eigenvalue weighted by molar-refractivity contribution is -0.137. The summed E-state index contributed by atoms with van der Waals surface area (Å²) in [5.41, 5.74) is 0.627. The minimum atomic E-state index is -4.44. The number of alkyl halides is 3. The number of carbonyl (C=O) groups is 1. The second-order valence-corrected chi connectivity index (χ2v) is 7.78. The number of hydrogen-bond donors (Lipinski definition) is 0. The lowest BCUT2D eigenvalue weighted by Crippen LogP contribution is -2.05. The lowest BCUT2D eigenvalue weighted by Gasteiger charge is -2.13. The number of allylic oxidation sites excluding steroid dienone is 1. The highest BCUT2D eigenvalue weighted by Crippen LogP contribution is 2.32. The minimum Gasteiger partial charge on any atom is -0.496 e. The van der Waals surface area contributed by atoms with Gasteiger partial charge in [0.2, 0.25) is 0 Å². The monoisotopic (exact) mass is 432 g/mol. The summed E-state index contributed by atoms with van der Waals surface area (Å²) in [6.45, 7) is 1.95. The average Bonchev–Trinajstić information content (AvgIpc) is 3.16. The van der Waals surface area contributed by atoms with E-state index in [1.807, 2.05) is 13.0 Å². The highest BCUT2D eigenvalue weighted by molar-refractivity contribution is 7.14. The second kappa shape index (κ2) is 9.17. The van der Waals surface area contributed by atoms with Gasteiger partial charge in [0.1, 0.15) is 18.1 Å². The van der Waals surface area contributed by atoms with Crippen molar-refractivity contribution in [2.75, 3.05) is 7.11 Å². The number of rotatable bonds is 7. The molecule has 7 heteroatoms. The Labute approximate surface area is 176 Å². The average molecular weight is 432 g/mol. The van der Waals surface area contributed by atoms with Crippen molar-refractivity contribution in [2.24, 2.45) is 0 Å². The molecule has 0 amide bonds. The Kier molecular flexibility index (Phi) is 6.62. The fourth-order valence-electron chi connectivity index (χ4n) is 2.76. The zero-order valence-corrected chi connectivity index (χ0v) is 17.1. The van der Waals surface area contributed by atoms with Crippen molar-refractivity contribution >= 4 is 23.2 Å². The quantitative estimate of drug-likeness (QED) is 0.313. The molecule has 0 spiro atoms. The van der Waals surface area contributed by atoms with Crippen LogP contribution in [-0.2, 0) is 12.8 Å². The van der Waals surface area contributed by atoms with Gasteiger partial charge >= 0.3 is 6.18 Å². The molecule has 2 aromatic carbocycles. The molecular weight excluding hydrogens is 413 g/mol. The van der Waals surface area contributed by atoms with Crippen LogP contribution in [0.5, 0.6) is 11.5 Å². The topological polar surface area (TPSA) is 35.5 Å². The van der Waals surface area contributed by atoms with Gasteiger partial charge in [-0.25, -0.2) is 0 Å². The molecule has 0 N–H and O–H groups in total. The summed E-state index contributed by atoms with van der Waals surface area (Å²) in [5.74, 6) is 0.557. The smallest absolute Gasteiger partial charge is 0.416 e. The van der Waals surface area contributed by atoms with Gasteiger partial charge in [0, 0.05) is 10.4 Å². The van der Waals surface area contributed by atoms with Crippen molar-refractivity contribution in [1.82, 2.24) is 0 Å². The minimum absolute atomic E-state index is 0.0181. The normalized spacial score (nSPS) is 11.6.